The summed E-state index contributed by atoms with van der Waals surface area (Å²) in [6.07, 6.45) is 1.89. The Hall–Kier alpha value is -1.00. The Kier molecular flexibility index (Phi) is 5.71. The fourth-order valence-corrected chi connectivity index (χ4v) is 2.94. The first kappa shape index (κ1) is 16.4. The van der Waals surface area contributed by atoms with Crippen LogP contribution >= 0.6 is 0 Å². The zero-order valence-electron chi connectivity index (χ0n) is 13.3. The van der Waals surface area contributed by atoms with Crippen molar-refractivity contribution >= 4 is 0 Å². The fraction of sp³-hybridized carbons (Fsp3) is 0.647. The van der Waals surface area contributed by atoms with E-state index in [1.165, 1.54) is 0 Å². The number of piperazine rings is 1. The third kappa shape index (κ3) is 4.01. The van der Waals surface area contributed by atoms with E-state index < -0.39 is 11.6 Å². The lowest BCUT2D eigenvalue weighted by molar-refractivity contribution is 0.156. The number of nitrogens with one attached hydrogen (secondary N) is 1. The summed E-state index contributed by atoms with van der Waals surface area (Å²) >= 11 is 0. The van der Waals surface area contributed by atoms with Crippen LogP contribution in [0.25, 0.3) is 0 Å². The summed E-state index contributed by atoms with van der Waals surface area (Å²) < 4.78 is 28.3. The predicted octanol–water partition coefficient (Wildman–Crippen LogP) is 3.66. The average Bonchev–Trinajstić information content (AvgIpc) is 2.48. The third-order valence-electron chi connectivity index (χ3n) is 4.27. The van der Waals surface area contributed by atoms with Gasteiger partial charge in [-0.15, -0.1) is 0 Å². The fourth-order valence-electron chi connectivity index (χ4n) is 2.94. The van der Waals surface area contributed by atoms with Crippen molar-refractivity contribution in [2.24, 2.45) is 5.92 Å². The predicted molar refractivity (Wildman–Crippen MR) is 82.4 cm³/mol. The van der Waals surface area contributed by atoms with Gasteiger partial charge in [-0.25, -0.2) is 8.78 Å². The summed E-state index contributed by atoms with van der Waals surface area (Å²) in [5.41, 5.74) is 0.889. The molecular formula is C17H26F2N2. The minimum atomic E-state index is -0.697. The molecule has 1 aromatic rings. The number of hydrogen-bond donors (Lipinski definition) is 1. The summed E-state index contributed by atoms with van der Waals surface area (Å²) in [5, 5.41) is 3.31. The Morgan fingerprint density at radius 2 is 1.76 bits per heavy atom. The van der Waals surface area contributed by atoms with Crippen LogP contribution in [0.1, 0.15) is 43.9 Å². The molecule has 1 saturated heterocycles. The van der Waals surface area contributed by atoms with Gasteiger partial charge in [0.1, 0.15) is 0 Å². The molecule has 1 atom stereocenters. The summed E-state index contributed by atoms with van der Waals surface area (Å²) in [6, 6.07) is 3.43. The molecule has 0 amide bonds. The van der Waals surface area contributed by atoms with E-state index in [1.54, 1.807) is 19.1 Å². The first-order chi connectivity index (χ1) is 10.0. The second-order valence-corrected chi connectivity index (χ2v) is 6.37. The van der Waals surface area contributed by atoms with Gasteiger partial charge in [0.15, 0.2) is 11.6 Å². The van der Waals surface area contributed by atoms with E-state index in [4.69, 9.17) is 0 Å². The number of halogens is 2. The van der Waals surface area contributed by atoms with Gasteiger partial charge >= 0.3 is 0 Å². The Balaban J connectivity index is 2.27. The molecule has 1 aliphatic rings. The molecule has 21 heavy (non-hydrogen) atoms. The molecule has 0 aromatic heterocycles. The van der Waals surface area contributed by atoms with Crippen molar-refractivity contribution < 1.29 is 8.78 Å². The zero-order chi connectivity index (χ0) is 15.4. The second kappa shape index (κ2) is 7.32. The van der Waals surface area contributed by atoms with E-state index in [2.05, 4.69) is 24.1 Å². The molecule has 0 unspecified atom stereocenters. The van der Waals surface area contributed by atoms with E-state index in [0.717, 1.165) is 39.0 Å². The molecule has 1 fully saturated rings. The molecule has 2 nitrogen and oxygen atoms in total. The van der Waals surface area contributed by atoms with Crippen LogP contribution in [0.15, 0.2) is 12.1 Å². The van der Waals surface area contributed by atoms with Crippen LogP contribution in [0, 0.1) is 24.5 Å². The van der Waals surface area contributed by atoms with Crippen molar-refractivity contribution in [2.75, 3.05) is 26.2 Å². The third-order valence-corrected chi connectivity index (χ3v) is 4.27. The number of nitrogens with zero attached hydrogens (tertiary/aromatic N) is 1. The molecule has 2 rings (SSSR count). The van der Waals surface area contributed by atoms with Crippen LogP contribution in [0.3, 0.4) is 0 Å². The highest BCUT2D eigenvalue weighted by atomic mass is 19.2. The summed E-state index contributed by atoms with van der Waals surface area (Å²) in [4.78, 5) is 2.28. The highest BCUT2D eigenvalue weighted by Crippen LogP contribution is 2.31. The summed E-state index contributed by atoms with van der Waals surface area (Å²) in [6.45, 7) is 9.54. The monoisotopic (exact) mass is 296 g/mol. The van der Waals surface area contributed by atoms with Gasteiger partial charge in [-0.05, 0) is 31.2 Å². The highest BCUT2D eigenvalue weighted by molar-refractivity contribution is 5.28. The molecular weight excluding hydrogens is 270 g/mol. The number of rotatable bonds is 5. The van der Waals surface area contributed by atoms with Gasteiger partial charge in [0.2, 0.25) is 0 Å². The molecule has 0 saturated carbocycles. The molecule has 0 aliphatic carbocycles. The minimum Gasteiger partial charge on any atom is -0.314 e. The Bertz CT molecular complexity index is 468. The van der Waals surface area contributed by atoms with Crippen LogP contribution in [0.2, 0.25) is 0 Å². The zero-order valence-corrected chi connectivity index (χ0v) is 13.3. The SMILES string of the molecule is Cc1ccc([C@H](CCC(C)C)N2CCNCC2)c(F)c1F. The van der Waals surface area contributed by atoms with Crippen molar-refractivity contribution in [3.63, 3.8) is 0 Å². The van der Waals surface area contributed by atoms with Gasteiger partial charge in [-0.1, -0.05) is 26.0 Å². The van der Waals surface area contributed by atoms with Crippen molar-refractivity contribution in [1.29, 1.82) is 0 Å². The molecule has 1 N–H and O–H groups in total. The van der Waals surface area contributed by atoms with Gasteiger partial charge in [0.05, 0.1) is 0 Å². The number of benzene rings is 1. The van der Waals surface area contributed by atoms with Crippen LogP contribution in [0.5, 0.6) is 0 Å². The summed E-state index contributed by atoms with van der Waals surface area (Å²) in [7, 11) is 0. The second-order valence-electron chi connectivity index (χ2n) is 6.37. The van der Waals surface area contributed by atoms with Crippen molar-refractivity contribution in [3.05, 3.63) is 34.9 Å². The minimum absolute atomic E-state index is 0.0235. The molecule has 0 radical (unpaired) electrons. The van der Waals surface area contributed by atoms with E-state index in [-0.39, 0.29) is 6.04 Å². The lowest BCUT2D eigenvalue weighted by Crippen LogP contribution is -2.45. The van der Waals surface area contributed by atoms with Crippen LogP contribution in [0.4, 0.5) is 8.78 Å². The Morgan fingerprint density at radius 3 is 2.38 bits per heavy atom. The topological polar surface area (TPSA) is 15.3 Å². The van der Waals surface area contributed by atoms with Crippen molar-refractivity contribution in [2.45, 2.75) is 39.7 Å². The Labute approximate surface area is 126 Å². The van der Waals surface area contributed by atoms with E-state index in [1.807, 2.05) is 0 Å². The van der Waals surface area contributed by atoms with Gasteiger partial charge in [0.25, 0.3) is 0 Å². The maximum atomic E-state index is 14.4. The van der Waals surface area contributed by atoms with Crippen LogP contribution in [-0.2, 0) is 0 Å². The molecule has 1 aromatic carbocycles. The van der Waals surface area contributed by atoms with Gasteiger partial charge in [-0.3, -0.25) is 4.90 Å². The van der Waals surface area contributed by atoms with E-state index in [9.17, 15) is 8.78 Å². The Morgan fingerprint density at radius 1 is 1.10 bits per heavy atom. The lowest BCUT2D eigenvalue weighted by atomic mass is 9.94. The molecule has 1 aliphatic heterocycles. The van der Waals surface area contributed by atoms with Crippen LogP contribution in [-0.4, -0.2) is 31.1 Å². The van der Waals surface area contributed by atoms with E-state index in [0.29, 0.717) is 17.0 Å². The smallest absolute Gasteiger partial charge is 0.163 e. The average molecular weight is 296 g/mol. The van der Waals surface area contributed by atoms with Gasteiger partial charge in [0, 0.05) is 37.8 Å². The molecule has 0 spiro atoms. The molecule has 1 heterocycles. The largest absolute Gasteiger partial charge is 0.314 e. The normalized spacial score (nSPS) is 18.2. The van der Waals surface area contributed by atoms with E-state index >= 15 is 0 Å². The van der Waals surface area contributed by atoms with Gasteiger partial charge < -0.3 is 5.32 Å². The van der Waals surface area contributed by atoms with Gasteiger partial charge in [-0.2, -0.15) is 0 Å². The molecule has 0 bridgehead atoms. The van der Waals surface area contributed by atoms with Crippen molar-refractivity contribution in [1.82, 2.24) is 10.2 Å². The highest BCUT2D eigenvalue weighted by Gasteiger charge is 2.26. The number of aryl methyl sites for hydroxylation is 1. The van der Waals surface area contributed by atoms with Crippen LogP contribution < -0.4 is 5.32 Å². The maximum Gasteiger partial charge on any atom is 0.163 e. The van der Waals surface area contributed by atoms with Crippen molar-refractivity contribution in [3.8, 4) is 0 Å². The first-order valence-electron chi connectivity index (χ1n) is 7.90. The molecule has 118 valence electrons. The quantitative estimate of drug-likeness (QED) is 0.892. The maximum absolute atomic E-state index is 14.4. The standard InChI is InChI=1S/C17H26F2N2/c1-12(2)4-7-15(21-10-8-20-9-11-21)14-6-5-13(3)16(18)17(14)19/h5-6,12,15,20H,4,7-11H2,1-3H3/t15-/m0/s1. The lowest BCUT2D eigenvalue weighted by Gasteiger charge is -2.36. The summed E-state index contributed by atoms with van der Waals surface area (Å²) in [5.74, 6) is -0.798. The molecule has 4 heteroatoms. The number of hydrogen-bond acceptors (Lipinski definition) is 2. The first-order valence-corrected chi connectivity index (χ1v) is 7.90.